The second-order valence-corrected chi connectivity index (χ2v) is 4.67. The van der Waals surface area contributed by atoms with Gasteiger partial charge < -0.3 is 10.1 Å². The van der Waals surface area contributed by atoms with Gasteiger partial charge in [0, 0.05) is 5.54 Å². The summed E-state index contributed by atoms with van der Waals surface area (Å²) < 4.78 is 4.74. The predicted molar refractivity (Wildman–Crippen MR) is 62.5 cm³/mol. The van der Waals surface area contributed by atoms with Gasteiger partial charge in [0.25, 0.3) is 0 Å². The Kier molecular flexibility index (Phi) is 2.72. The second kappa shape index (κ2) is 3.91. The van der Waals surface area contributed by atoms with Gasteiger partial charge >= 0.3 is 5.97 Å². The minimum Gasteiger partial charge on any atom is -0.465 e. The van der Waals surface area contributed by atoms with E-state index in [1.165, 1.54) is 18.2 Å². The zero-order valence-electron chi connectivity index (χ0n) is 9.96. The third-order valence-corrected chi connectivity index (χ3v) is 3.17. The van der Waals surface area contributed by atoms with Gasteiger partial charge in [-0.2, -0.15) is 0 Å². The lowest BCUT2D eigenvalue weighted by Crippen LogP contribution is -2.42. The smallest absolute Gasteiger partial charge is 0.337 e. The summed E-state index contributed by atoms with van der Waals surface area (Å²) in [6.07, 6.45) is 1.01. The van der Waals surface area contributed by atoms with Gasteiger partial charge in [0.05, 0.1) is 12.7 Å². The number of hydrogen-bond donors (Lipinski definition) is 1. The van der Waals surface area contributed by atoms with E-state index in [0.717, 1.165) is 13.0 Å². The summed E-state index contributed by atoms with van der Waals surface area (Å²) >= 11 is 0. The van der Waals surface area contributed by atoms with Crippen LogP contribution in [0.5, 0.6) is 0 Å². The summed E-state index contributed by atoms with van der Waals surface area (Å²) in [5, 5.41) is 3.45. The quantitative estimate of drug-likeness (QED) is 0.733. The molecule has 0 saturated heterocycles. The fourth-order valence-corrected chi connectivity index (χ4v) is 2.23. The van der Waals surface area contributed by atoms with Gasteiger partial charge in [-0.05, 0) is 50.1 Å². The highest BCUT2D eigenvalue weighted by Crippen LogP contribution is 2.28. The van der Waals surface area contributed by atoms with E-state index in [9.17, 15) is 4.79 Å². The highest BCUT2D eigenvalue weighted by Gasteiger charge is 2.27. The average Bonchev–Trinajstić information content (AvgIpc) is 2.27. The summed E-state index contributed by atoms with van der Waals surface area (Å²) in [5.41, 5.74) is 3.06. The topological polar surface area (TPSA) is 38.3 Å². The number of esters is 1. The molecule has 0 atom stereocenters. The van der Waals surface area contributed by atoms with E-state index in [1.807, 2.05) is 18.2 Å². The summed E-state index contributed by atoms with van der Waals surface area (Å²) in [6, 6.07) is 5.81. The van der Waals surface area contributed by atoms with Crippen molar-refractivity contribution in [3.63, 3.8) is 0 Å². The molecule has 3 nitrogen and oxygen atoms in total. The van der Waals surface area contributed by atoms with Crippen molar-refractivity contribution in [2.24, 2.45) is 0 Å². The van der Waals surface area contributed by atoms with Crippen molar-refractivity contribution < 1.29 is 9.53 Å². The third kappa shape index (κ3) is 1.83. The number of ether oxygens (including phenoxy) is 1. The average molecular weight is 219 g/mol. The maximum Gasteiger partial charge on any atom is 0.337 e. The van der Waals surface area contributed by atoms with Crippen LogP contribution in [-0.4, -0.2) is 19.6 Å². The first-order chi connectivity index (χ1) is 7.54. The Hall–Kier alpha value is -1.35. The van der Waals surface area contributed by atoms with Crippen LogP contribution in [-0.2, 0) is 16.7 Å². The normalized spacial score (nSPS) is 17.7. The molecule has 0 unspecified atom stereocenters. The number of fused-ring (bicyclic) bond motifs is 1. The molecule has 1 N–H and O–H groups in total. The Balaban J connectivity index is 2.47. The van der Waals surface area contributed by atoms with Crippen molar-refractivity contribution in [2.75, 3.05) is 13.7 Å². The van der Waals surface area contributed by atoms with Crippen molar-refractivity contribution in [1.29, 1.82) is 0 Å². The molecule has 1 aromatic rings. The Labute approximate surface area is 95.8 Å². The molecule has 0 radical (unpaired) electrons. The van der Waals surface area contributed by atoms with Crippen molar-refractivity contribution in [2.45, 2.75) is 25.8 Å². The molecular formula is C13H17NO2. The molecular weight excluding hydrogens is 202 g/mol. The van der Waals surface area contributed by atoms with Gasteiger partial charge in [-0.3, -0.25) is 0 Å². The fourth-order valence-electron chi connectivity index (χ4n) is 2.23. The van der Waals surface area contributed by atoms with Gasteiger partial charge in [0.2, 0.25) is 0 Å². The molecule has 2 rings (SSSR count). The molecule has 0 saturated carbocycles. The first-order valence-electron chi connectivity index (χ1n) is 5.51. The molecule has 1 aromatic carbocycles. The van der Waals surface area contributed by atoms with E-state index in [1.54, 1.807) is 0 Å². The maximum absolute atomic E-state index is 11.5. The van der Waals surface area contributed by atoms with E-state index >= 15 is 0 Å². The lowest BCUT2D eigenvalue weighted by Gasteiger charge is -2.34. The molecule has 1 aliphatic rings. The minimum atomic E-state index is -0.274. The van der Waals surface area contributed by atoms with Gasteiger partial charge in [0.15, 0.2) is 0 Å². The number of carbonyl (C=O) groups excluding carboxylic acids is 1. The van der Waals surface area contributed by atoms with E-state index in [0.29, 0.717) is 5.56 Å². The highest BCUT2D eigenvalue weighted by molar-refractivity contribution is 5.89. The Bertz CT molecular complexity index is 424. The molecule has 0 aliphatic carbocycles. The Morgan fingerprint density at radius 1 is 1.44 bits per heavy atom. The first kappa shape index (κ1) is 11.1. The minimum absolute atomic E-state index is 0.0718. The number of benzene rings is 1. The van der Waals surface area contributed by atoms with Gasteiger partial charge in [-0.25, -0.2) is 4.79 Å². The summed E-state index contributed by atoms with van der Waals surface area (Å²) in [4.78, 5) is 11.5. The van der Waals surface area contributed by atoms with E-state index in [-0.39, 0.29) is 11.5 Å². The van der Waals surface area contributed by atoms with Crippen LogP contribution in [0, 0.1) is 0 Å². The maximum atomic E-state index is 11.5. The van der Waals surface area contributed by atoms with Crippen LogP contribution in [0.1, 0.15) is 35.3 Å². The molecule has 0 amide bonds. The molecule has 0 aromatic heterocycles. The number of carbonyl (C=O) groups is 1. The zero-order valence-corrected chi connectivity index (χ0v) is 9.96. The molecule has 0 fully saturated rings. The molecule has 1 aliphatic heterocycles. The third-order valence-electron chi connectivity index (χ3n) is 3.17. The van der Waals surface area contributed by atoms with Gasteiger partial charge in [-0.1, -0.05) is 6.07 Å². The number of methoxy groups -OCH3 is 1. The van der Waals surface area contributed by atoms with Crippen molar-refractivity contribution in [3.8, 4) is 0 Å². The molecule has 86 valence electrons. The van der Waals surface area contributed by atoms with E-state index in [2.05, 4.69) is 19.2 Å². The highest BCUT2D eigenvalue weighted by atomic mass is 16.5. The number of hydrogen-bond acceptors (Lipinski definition) is 3. The Morgan fingerprint density at radius 2 is 2.19 bits per heavy atom. The predicted octanol–water partition coefficient (Wildman–Crippen LogP) is 1.85. The van der Waals surface area contributed by atoms with Gasteiger partial charge in [-0.15, -0.1) is 0 Å². The summed E-state index contributed by atoms with van der Waals surface area (Å²) in [5.74, 6) is -0.274. The van der Waals surface area contributed by atoms with Gasteiger partial charge in [0.1, 0.15) is 0 Å². The van der Waals surface area contributed by atoms with Crippen LogP contribution in [0.25, 0.3) is 0 Å². The lowest BCUT2D eigenvalue weighted by atomic mass is 9.84. The van der Waals surface area contributed by atoms with Crippen molar-refractivity contribution in [1.82, 2.24) is 5.32 Å². The largest absolute Gasteiger partial charge is 0.465 e. The van der Waals surface area contributed by atoms with Crippen LogP contribution >= 0.6 is 0 Å². The SMILES string of the molecule is COC(=O)c1ccc2c(c1)C(C)(C)NCC2. The van der Waals surface area contributed by atoms with Crippen LogP contribution in [0.4, 0.5) is 0 Å². The van der Waals surface area contributed by atoms with E-state index < -0.39 is 0 Å². The standard InChI is InChI=1S/C13H17NO2/c1-13(2)11-8-10(12(15)16-3)5-4-9(11)6-7-14-13/h4-5,8,14H,6-7H2,1-3H3. The summed E-state index contributed by atoms with van der Waals surface area (Å²) in [6.45, 7) is 5.25. The molecule has 0 spiro atoms. The molecule has 16 heavy (non-hydrogen) atoms. The fraction of sp³-hybridized carbons (Fsp3) is 0.462. The monoisotopic (exact) mass is 219 g/mol. The van der Waals surface area contributed by atoms with Crippen LogP contribution in [0.15, 0.2) is 18.2 Å². The van der Waals surface area contributed by atoms with E-state index in [4.69, 9.17) is 4.74 Å². The van der Waals surface area contributed by atoms with Crippen molar-refractivity contribution >= 4 is 5.97 Å². The first-order valence-corrected chi connectivity index (χ1v) is 5.51. The van der Waals surface area contributed by atoms with Crippen LogP contribution in [0.3, 0.4) is 0 Å². The van der Waals surface area contributed by atoms with Crippen LogP contribution in [0.2, 0.25) is 0 Å². The second-order valence-electron chi connectivity index (χ2n) is 4.67. The molecule has 0 bridgehead atoms. The van der Waals surface area contributed by atoms with Crippen LogP contribution < -0.4 is 5.32 Å². The number of rotatable bonds is 1. The number of nitrogens with one attached hydrogen (secondary N) is 1. The van der Waals surface area contributed by atoms with Crippen molar-refractivity contribution in [3.05, 3.63) is 34.9 Å². The molecule has 1 heterocycles. The lowest BCUT2D eigenvalue weighted by molar-refractivity contribution is 0.0600. The molecule has 3 heteroatoms. The summed E-state index contributed by atoms with van der Waals surface area (Å²) in [7, 11) is 1.41. The Morgan fingerprint density at radius 3 is 2.88 bits per heavy atom. The zero-order chi connectivity index (χ0) is 11.8.